The van der Waals surface area contributed by atoms with E-state index in [0.717, 1.165) is 24.1 Å². The molecule has 1 saturated carbocycles. The lowest BCUT2D eigenvalue weighted by molar-refractivity contribution is 0.0834. The van der Waals surface area contributed by atoms with Crippen molar-refractivity contribution in [3.05, 3.63) is 42.5 Å². The number of nitrogen functional groups attached to an aromatic ring is 1. The summed E-state index contributed by atoms with van der Waals surface area (Å²) in [6, 6.07) is 5.54. The number of pyridine rings is 1. The van der Waals surface area contributed by atoms with Gasteiger partial charge in [0.15, 0.2) is 5.82 Å². The van der Waals surface area contributed by atoms with E-state index in [-0.39, 0.29) is 30.3 Å². The van der Waals surface area contributed by atoms with E-state index in [1.54, 1.807) is 23.0 Å². The van der Waals surface area contributed by atoms with Gasteiger partial charge in [-0.2, -0.15) is 5.10 Å². The SMILES string of the molecule is Nc1ncnn2c(-c3ccncc3)cc(C(=O)NC3CC(CO)C3)c12. The lowest BCUT2D eigenvalue weighted by Gasteiger charge is -2.34. The molecule has 0 atom stereocenters. The first-order chi connectivity index (χ1) is 12.2. The molecule has 1 aliphatic carbocycles. The second kappa shape index (κ2) is 6.14. The summed E-state index contributed by atoms with van der Waals surface area (Å²) >= 11 is 0. The molecule has 0 saturated heterocycles. The van der Waals surface area contributed by atoms with Gasteiger partial charge in [-0.05, 0) is 37.0 Å². The predicted molar refractivity (Wildman–Crippen MR) is 91.7 cm³/mol. The van der Waals surface area contributed by atoms with Crippen LogP contribution in [0.5, 0.6) is 0 Å². The zero-order valence-electron chi connectivity index (χ0n) is 13.5. The average molecular weight is 338 g/mol. The zero-order chi connectivity index (χ0) is 17.4. The minimum absolute atomic E-state index is 0.0785. The molecule has 0 aromatic carbocycles. The Labute approximate surface area is 143 Å². The van der Waals surface area contributed by atoms with Gasteiger partial charge in [-0.1, -0.05) is 0 Å². The Balaban J connectivity index is 1.73. The number of aromatic nitrogens is 4. The van der Waals surface area contributed by atoms with E-state index in [4.69, 9.17) is 10.8 Å². The Morgan fingerprint density at radius 1 is 1.36 bits per heavy atom. The van der Waals surface area contributed by atoms with Crippen molar-refractivity contribution < 1.29 is 9.90 Å². The highest BCUT2D eigenvalue weighted by Gasteiger charge is 2.31. The molecule has 3 heterocycles. The number of hydrogen-bond donors (Lipinski definition) is 3. The van der Waals surface area contributed by atoms with Crippen molar-refractivity contribution in [2.24, 2.45) is 5.92 Å². The van der Waals surface area contributed by atoms with Crippen molar-refractivity contribution in [2.45, 2.75) is 18.9 Å². The van der Waals surface area contributed by atoms with Gasteiger partial charge in [0.05, 0.1) is 11.3 Å². The number of anilines is 1. The average Bonchev–Trinajstić information content (AvgIpc) is 2.99. The Morgan fingerprint density at radius 3 is 2.84 bits per heavy atom. The van der Waals surface area contributed by atoms with Gasteiger partial charge in [0.1, 0.15) is 11.8 Å². The van der Waals surface area contributed by atoms with E-state index in [1.807, 2.05) is 12.1 Å². The summed E-state index contributed by atoms with van der Waals surface area (Å²) in [4.78, 5) is 20.8. The van der Waals surface area contributed by atoms with Crippen molar-refractivity contribution in [1.29, 1.82) is 0 Å². The number of aliphatic hydroxyl groups excluding tert-OH is 1. The first-order valence-electron chi connectivity index (χ1n) is 8.11. The lowest BCUT2D eigenvalue weighted by Crippen LogP contribution is -2.45. The van der Waals surface area contributed by atoms with Crippen molar-refractivity contribution in [3.63, 3.8) is 0 Å². The molecule has 0 unspecified atom stereocenters. The van der Waals surface area contributed by atoms with Crippen LogP contribution >= 0.6 is 0 Å². The van der Waals surface area contributed by atoms with Crippen molar-refractivity contribution in [3.8, 4) is 11.3 Å². The summed E-state index contributed by atoms with van der Waals surface area (Å²) in [5.41, 5.74) is 8.57. The predicted octanol–water partition coefficient (Wildman–Crippen LogP) is 0.874. The van der Waals surface area contributed by atoms with Gasteiger partial charge in [0, 0.05) is 30.6 Å². The van der Waals surface area contributed by atoms with Crippen LogP contribution in [0.2, 0.25) is 0 Å². The molecule has 8 nitrogen and oxygen atoms in total. The highest BCUT2D eigenvalue weighted by Crippen LogP contribution is 2.30. The molecule has 0 spiro atoms. The van der Waals surface area contributed by atoms with Crippen LogP contribution in [0.1, 0.15) is 23.2 Å². The summed E-state index contributed by atoms with van der Waals surface area (Å²) in [7, 11) is 0. The molecule has 3 aromatic heterocycles. The normalized spacial score (nSPS) is 19.6. The summed E-state index contributed by atoms with van der Waals surface area (Å²) in [6.07, 6.45) is 6.31. The Kier molecular flexibility index (Phi) is 3.81. The fourth-order valence-corrected chi connectivity index (χ4v) is 3.24. The Hall–Kier alpha value is -3.00. The number of carbonyl (C=O) groups is 1. The molecular formula is C17H18N6O2. The summed E-state index contributed by atoms with van der Waals surface area (Å²) in [6.45, 7) is 0.161. The largest absolute Gasteiger partial charge is 0.396 e. The number of aliphatic hydroxyl groups is 1. The molecule has 3 aromatic rings. The van der Waals surface area contributed by atoms with Gasteiger partial charge < -0.3 is 16.2 Å². The summed E-state index contributed by atoms with van der Waals surface area (Å²) in [5.74, 6) is 0.319. The van der Waals surface area contributed by atoms with Gasteiger partial charge in [-0.3, -0.25) is 9.78 Å². The standard InChI is InChI=1S/C17H18N6O2/c18-16-15-13(17(25)22-12-5-10(6-12)8-24)7-14(23(15)21-9-20-16)11-1-3-19-4-2-11/h1-4,7,9-10,12,24H,5-6,8H2,(H,22,25)(H2,18,20,21). The molecule has 1 fully saturated rings. The summed E-state index contributed by atoms with van der Waals surface area (Å²) in [5, 5.41) is 16.4. The molecule has 0 radical (unpaired) electrons. The number of nitrogens with two attached hydrogens (primary N) is 1. The molecule has 25 heavy (non-hydrogen) atoms. The van der Waals surface area contributed by atoms with Crippen LogP contribution in [0.15, 0.2) is 36.9 Å². The third-order valence-electron chi connectivity index (χ3n) is 4.63. The first kappa shape index (κ1) is 15.5. The van der Waals surface area contributed by atoms with E-state index >= 15 is 0 Å². The number of carbonyl (C=O) groups excluding carboxylic acids is 1. The van der Waals surface area contributed by atoms with Gasteiger partial charge in [-0.25, -0.2) is 9.50 Å². The molecule has 128 valence electrons. The number of nitrogens with zero attached hydrogens (tertiary/aromatic N) is 4. The van der Waals surface area contributed by atoms with E-state index in [1.165, 1.54) is 6.33 Å². The van der Waals surface area contributed by atoms with Crippen LogP contribution in [0.3, 0.4) is 0 Å². The molecule has 1 amide bonds. The second-order valence-electron chi connectivity index (χ2n) is 6.28. The maximum absolute atomic E-state index is 12.7. The lowest BCUT2D eigenvalue weighted by atomic mass is 9.81. The highest BCUT2D eigenvalue weighted by atomic mass is 16.3. The van der Waals surface area contributed by atoms with Gasteiger partial charge in [0.2, 0.25) is 0 Å². The van der Waals surface area contributed by atoms with Crippen LogP contribution in [-0.2, 0) is 0 Å². The van der Waals surface area contributed by atoms with E-state index in [0.29, 0.717) is 11.1 Å². The van der Waals surface area contributed by atoms with Gasteiger partial charge in [0.25, 0.3) is 5.91 Å². The molecule has 4 N–H and O–H groups in total. The van der Waals surface area contributed by atoms with Crippen LogP contribution in [0, 0.1) is 5.92 Å². The molecule has 1 aliphatic rings. The number of fused-ring (bicyclic) bond motifs is 1. The third kappa shape index (κ3) is 2.70. The Bertz CT molecular complexity index is 918. The fraction of sp³-hybridized carbons (Fsp3) is 0.294. The first-order valence-corrected chi connectivity index (χ1v) is 8.11. The van der Waals surface area contributed by atoms with Crippen LogP contribution in [0.4, 0.5) is 5.82 Å². The monoisotopic (exact) mass is 338 g/mol. The minimum Gasteiger partial charge on any atom is -0.396 e. The fourth-order valence-electron chi connectivity index (χ4n) is 3.24. The number of hydrogen-bond acceptors (Lipinski definition) is 6. The molecule has 0 aliphatic heterocycles. The molecular weight excluding hydrogens is 320 g/mol. The van der Waals surface area contributed by atoms with Gasteiger partial charge >= 0.3 is 0 Å². The number of nitrogens with one attached hydrogen (secondary N) is 1. The zero-order valence-corrected chi connectivity index (χ0v) is 13.5. The second-order valence-corrected chi connectivity index (χ2v) is 6.28. The van der Waals surface area contributed by atoms with Crippen molar-refractivity contribution >= 4 is 17.2 Å². The maximum atomic E-state index is 12.7. The number of amides is 1. The van der Waals surface area contributed by atoms with Gasteiger partial charge in [-0.15, -0.1) is 0 Å². The molecule has 4 rings (SSSR count). The molecule has 8 heteroatoms. The summed E-state index contributed by atoms with van der Waals surface area (Å²) < 4.78 is 1.63. The van der Waals surface area contributed by atoms with E-state index in [2.05, 4.69) is 20.4 Å². The Morgan fingerprint density at radius 2 is 2.12 bits per heavy atom. The van der Waals surface area contributed by atoms with E-state index in [9.17, 15) is 4.79 Å². The number of rotatable bonds is 4. The quantitative estimate of drug-likeness (QED) is 0.650. The molecule has 0 bridgehead atoms. The minimum atomic E-state index is -0.208. The van der Waals surface area contributed by atoms with Crippen LogP contribution < -0.4 is 11.1 Å². The topological polar surface area (TPSA) is 118 Å². The maximum Gasteiger partial charge on any atom is 0.253 e. The van der Waals surface area contributed by atoms with Crippen molar-refractivity contribution in [2.75, 3.05) is 12.3 Å². The smallest absolute Gasteiger partial charge is 0.253 e. The third-order valence-corrected chi connectivity index (χ3v) is 4.63. The van der Waals surface area contributed by atoms with E-state index < -0.39 is 0 Å². The highest BCUT2D eigenvalue weighted by molar-refractivity contribution is 6.05. The van der Waals surface area contributed by atoms with Crippen molar-refractivity contribution in [1.82, 2.24) is 24.9 Å². The van der Waals surface area contributed by atoms with Crippen LogP contribution in [-0.4, -0.2) is 43.2 Å². The van der Waals surface area contributed by atoms with Crippen LogP contribution in [0.25, 0.3) is 16.8 Å².